The number of halogens is 7. The van der Waals surface area contributed by atoms with Crippen LogP contribution < -0.4 is 9.84 Å². The second-order valence-corrected chi connectivity index (χ2v) is 14.1. The fourth-order valence-electron chi connectivity index (χ4n) is 3.81. The van der Waals surface area contributed by atoms with Crippen molar-refractivity contribution in [3.8, 4) is 5.75 Å². The van der Waals surface area contributed by atoms with Crippen molar-refractivity contribution in [3.63, 3.8) is 0 Å². The second-order valence-electron chi connectivity index (χ2n) is 8.63. The Labute approximate surface area is 293 Å². The molecule has 0 atom stereocenters. The molecule has 12 heteroatoms. The molecule has 0 fully saturated rings. The first-order valence-electron chi connectivity index (χ1n) is 12.3. The Morgan fingerprint density at radius 3 is 1.43 bits per heavy atom. The molecule has 0 unspecified atom stereocenters. The summed E-state index contributed by atoms with van der Waals surface area (Å²) in [5.41, 5.74) is -2.01. The van der Waals surface area contributed by atoms with Gasteiger partial charge in [-0.3, -0.25) is 0 Å². The van der Waals surface area contributed by atoms with E-state index in [-0.39, 0.29) is 16.5 Å². The Kier molecular flexibility index (Phi) is 12.1. The lowest BCUT2D eigenvalue weighted by molar-refractivity contribution is -0.255. The van der Waals surface area contributed by atoms with Crippen molar-refractivity contribution >= 4 is 90.6 Å². The molecule has 5 aromatic rings. The SMILES string of the molecule is O=C(Oc1c(F)c(F)c(C(=O)[O-])c(F)c1F)c1cc(I)cc(I)c1I.c1ccc([S+](c2ccccc2)c2ccccc2)cc1. The van der Waals surface area contributed by atoms with Crippen molar-refractivity contribution in [1.29, 1.82) is 0 Å². The Bertz CT molecular complexity index is 1690. The molecule has 0 radical (unpaired) electrons. The lowest BCUT2D eigenvalue weighted by atomic mass is 10.1. The molecule has 5 aromatic carbocycles. The number of esters is 1. The minimum Gasteiger partial charge on any atom is -0.545 e. The zero-order chi connectivity index (χ0) is 32.0. The summed E-state index contributed by atoms with van der Waals surface area (Å²) >= 11 is 5.60. The van der Waals surface area contributed by atoms with Crippen LogP contribution in [0.1, 0.15) is 20.7 Å². The van der Waals surface area contributed by atoms with Crippen LogP contribution in [0, 0.1) is 34.0 Å². The van der Waals surface area contributed by atoms with Gasteiger partial charge < -0.3 is 14.6 Å². The first kappa shape index (κ1) is 34.2. The Balaban J connectivity index is 0.000000208. The van der Waals surface area contributed by atoms with Crippen molar-refractivity contribution in [2.24, 2.45) is 0 Å². The number of carboxylic acids is 1. The molecular formula is C32H17F4I3O4S. The molecule has 0 saturated carbocycles. The molecule has 0 amide bonds. The van der Waals surface area contributed by atoms with Crippen LogP contribution >= 0.6 is 67.8 Å². The number of ether oxygens (including phenoxy) is 1. The van der Waals surface area contributed by atoms with E-state index < -0.39 is 46.5 Å². The Morgan fingerprint density at radius 2 is 1.05 bits per heavy atom. The second kappa shape index (κ2) is 15.5. The number of aromatic carboxylic acids is 1. The van der Waals surface area contributed by atoms with Gasteiger partial charge in [0.1, 0.15) is 0 Å². The van der Waals surface area contributed by atoms with E-state index in [0.717, 1.165) is 0 Å². The van der Waals surface area contributed by atoms with Gasteiger partial charge in [0.25, 0.3) is 0 Å². The summed E-state index contributed by atoms with van der Waals surface area (Å²) in [6.45, 7) is 0. The third kappa shape index (κ3) is 7.92. The van der Waals surface area contributed by atoms with Crippen LogP contribution in [-0.4, -0.2) is 11.9 Å². The molecule has 0 aliphatic rings. The van der Waals surface area contributed by atoms with Gasteiger partial charge in [0, 0.05) is 10.7 Å². The first-order valence-corrected chi connectivity index (χ1v) is 16.8. The normalized spacial score (nSPS) is 10.6. The van der Waals surface area contributed by atoms with Crippen LogP contribution in [0.4, 0.5) is 17.6 Å². The van der Waals surface area contributed by atoms with Crippen molar-refractivity contribution in [2.45, 2.75) is 14.7 Å². The molecule has 0 saturated heterocycles. The molecule has 5 rings (SSSR count). The maximum Gasteiger partial charge on any atom is 0.344 e. The van der Waals surface area contributed by atoms with E-state index in [9.17, 15) is 32.3 Å². The van der Waals surface area contributed by atoms with Crippen molar-refractivity contribution < 1.29 is 37.0 Å². The Morgan fingerprint density at radius 1 is 0.636 bits per heavy atom. The first-order chi connectivity index (χ1) is 21.0. The topological polar surface area (TPSA) is 66.4 Å². The minimum absolute atomic E-state index is 0.0146. The smallest absolute Gasteiger partial charge is 0.344 e. The van der Waals surface area contributed by atoms with Gasteiger partial charge in [-0.05, 0) is 116 Å². The number of benzene rings is 5. The van der Waals surface area contributed by atoms with E-state index >= 15 is 0 Å². The Hall–Kier alpha value is -2.70. The molecule has 0 aromatic heterocycles. The quantitative estimate of drug-likeness (QED) is 0.0429. The number of carboxylic acid groups (broad SMARTS) is 1. The summed E-state index contributed by atoms with van der Waals surface area (Å²) in [4.78, 5) is 26.8. The summed E-state index contributed by atoms with van der Waals surface area (Å²) in [5, 5.41) is 10.6. The fraction of sp³-hybridized carbons (Fsp3) is 0. The predicted molar refractivity (Wildman–Crippen MR) is 182 cm³/mol. The number of hydrogen-bond acceptors (Lipinski definition) is 4. The van der Waals surface area contributed by atoms with Gasteiger partial charge in [0.05, 0.1) is 28.0 Å². The summed E-state index contributed by atoms with van der Waals surface area (Å²) in [5.74, 6) is -14.1. The number of carbonyl (C=O) groups is 2. The van der Waals surface area contributed by atoms with E-state index in [0.29, 0.717) is 10.7 Å². The molecule has 0 N–H and O–H groups in total. The highest BCUT2D eigenvalue weighted by Gasteiger charge is 2.30. The number of carbonyl (C=O) groups excluding carboxylic acids is 2. The van der Waals surface area contributed by atoms with E-state index in [2.05, 4.69) is 95.7 Å². The standard InChI is InChI=1S/C18H15S.C14H3F4I3O4/c1-4-10-16(11-5-1)19(17-12-6-2-7-13-17)18-14-8-3-9-15-18;15-7-6(13(22)23)8(16)10(18)12(9(7)17)25-14(24)4-1-3(19)2-5(20)11(4)21/h1-15H;1-2H,(H,22,23)/q+1;/p-1. The summed E-state index contributed by atoms with van der Waals surface area (Å²) in [7, 11) is -0.0146. The number of hydrogen-bond donors (Lipinski definition) is 0. The number of rotatable bonds is 6. The lowest BCUT2D eigenvalue weighted by Crippen LogP contribution is -2.27. The monoisotopic (exact) mass is 954 g/mol. The molecule has 0 aliphatic carbocycles. The van der Waals surface area contributed by atoms with Gasteiger partial charge >= 0.3 is 5.97 Å². The largest absolute Gasteiger partial charge is 0.545 e. The highest BCUT2D eigenvalue weighted by Crippen LogP contribution is 2.32. The summed E-state index contributed by atoms with van der Waals surface area (Å²) in [6, 6.07) is 35.2. The van der Waals surface area contributed by atoms with Gasteiger partial charge in [-0.15, -0.1) is 0 Å². The summed E-state index contributed by atoms with van der Waals surface area (Å²) < 4.78 is 61.0. The van der Waals surface area contributed by atoms with Crippen LogP contribution in [0.25, 0.3) is 0 Å². The van der Waals surface area contributed by atoms with E-state index in [1.54, 1.807) is 28.7 Å². The van der Waals surface area contributed by atoms with Crippen LogP contribution in [-0.2, 0) is 10.9 Å². The van der Waals surface area contributed by atoms with Gasteiger partial charge in [0.15, 0.2) is 26.3 Å². The predicted octanol–water partition coefficient (Wildman–Crippen LogP) is 8.42. The average molecular weight is 954 g/mol. The maximum atomic E-state index is 13.8. The van der Waals surface area contributed by atoms with Crippen LogP contribution in [0.5, 0.6) is 5.75 Å². The van der Waals surface area contributed by atoms with E-state index in [4.69, 9.17) is 0 Å². The molecule has 44 heavy (non-hydrogen) atoms. The van der Waals surface area contributed by atoms with Gasteiger partial charge in [-0.25, -0.2) is 13.6 Å². The van der Waals surface area contributed by atoms with Crippen LogP contribution in [0.2, 0.25) is 0 Å². The van der Waals surface area contributed by atoms with Crippen molar-refractivity contribution in [1.82, 2.24) is 0 Å². The lowest BCUT2D eigenvalue weighted by Gasteiger charge is -2.13. The zero-order valence-electron chi connectivity index (χ0n) is 22.0. The third-order valence-corrected chi connectivity index (χ3v) is 11.7. The van der Waals surface area contributed by atoms with Gasteiger partial charge in [-0.1, -0.05) is 54.6 Å². The van der Waals surface area contributed by atoms with E-state index in [1.165, 1.54) is 20.8 Å². The van der Waals surface area contributed by atoms with Gasteiger partial charge in [-0.2, -0.15) is 8.78 Å². The molecule has 0 aliphatic heterocycles. The third-order valence-electron chi connectivity index (χ3n) is 5.77. The van der Waals surface area contributed by atoms with Crippen LogP contribution in [0.3, 0.4) is 0 Å². The van der Waals surface area contributed by atoms with Crippen molar-refractivity contribution in [2.75, 3.05) is 0 Å². The molecule has 0 bridgehead atoms. The molecular weight excluding hydrogens is 937 g/mol. The minimum atomic E-state index is -2.45. The highest BCUT2D eigenvalue weighted by atomic mass is 127. The molecule has 0 heterocycles. The molecule has 0 spiro atoms. The van der Waals surface area contributed by atoms with Gasteiger partial charge in [0.2, 0.25) is 17.4 Å². The highest BCUT2D eigenvalue weighted by molar-refractivity contribution is 14.1. The zero-order valence-corrected chi connectivity index (χ0v) is 29.3. The average Bonchev–Trinajstić information content (AvgIpc) is 3.02. The molecule has 224 valence electrons. The van der Waals surface area contributed by atoms with Crippen LogP contribution in [0.15, 0.2) is 118 Å². The fourth-order valence-corrected chi connectivity index (χ4v) is 8.29. The summed E-state index contributed by atoms with van der Waals surface area (Å²) in [6.07, 6.45) is 0. The maximum absolute atomic E-state index is 13.8. The van der Waals surface area contributed by atoms with Crippen molar-refractivity contribution in [3.05, 3.63) is 148 Å². The molecule has 4 nitrogen and oxygen atoms in total. The van der Waals surface area contributed by atoms with E-state index in [1.807, 2.05) is 45.2 Å².